The van der Waals surface area contributed by atoms with Crippen LogP contribution in [0.1, 0.15) is 104 Å². The lowest BCUT2D eigenvalue weighted by atomic mass is 9.47. The van der Waals surface area contributed by atoms with Gasteiger partial charge in [0.05, 0.1) is 5.41 Å². The van der Waals surface area contributed by atoms with Gasteiger partial charge in [-0.1, -0.05) is 165 Å². The van der Waals surface area contributed by atoms with Crippen molar-refractivity contribution in [1.29, 1.82) is 0 Å². The minimum atomic E-state index is -0.514. The zero-order valence-corrected chi connectivity index (χ0v) is 39.3. The lowest BCUT2D eigenvalue weighted by Gasteiger charge is -2.58. The molecule has 0 saturated heterocycles. The van der Waals surface area contributed by atoms with E-state index < -0.39 is 5.41 Å². The maximum absolute atomic E-state index is 6.62. The Labute approximate surface area is 404 Å². The molecule has 8 aliphatic rings. The lowest BCUT2D eigenvalue weighted by molar-refractivity contribution is -0.0321. The first-order chi connectivity index (χ1) is 33.8. The molecular weight excluding hydrogens is 839 g/mol. The van der Waals surface area contributed by atoms with E-state index in [9.17, 15) is 0 Å². The second kappa shape index (κ2) is 14.4. The average molecular weight is 892 g/mol. The Morgan fingerprint density at radius 1 is 0.420 bits per heavy atom. The lowest BCUT2D eigenvalue weighted by Crippen LogP contribution is -2.47. The molecule has 1 aliphatic heterocycles. The summed E-state index contributed by atoms with van der Waals surface area (Å²) in [5, 5.41) is 0. The molecule has 7 aromatic carbocycles. The Morgan fingerprint density at radius 3 is 1.57 bits per heavy atom. The van der Waals surface area contributed by atoms with Crippen molar-refractivity contribution in [2.24, 2.45) is 23.2 Å². The standard InChI is InChI=1S/C65H53N3O/c1-63(2)52-13-5-3-11-48(52)50-30-26-46(35-56(50)63)62-67-60(66-61(68-62)44-23-27-47(28-24-44)64-36-39-31-40(37-64)33-41(32-39)38-64)43-21-19-42(20-22-43)45-25-29-51-49-12-4-6-14-53(49)65(57(51)34-45)54-15-7-9-17-58(54)69-59-18-10-8-16-55(59)65/h3-23,25-27,29-30,34-35,39-41H,24,28,31-33,36-38H2,1-2H3. The Bertz CT molecular complexity index is 3470. The molecule has 4 fully saturated rings. The molecule has 8 aromatic rings. The quantitative estimate of drug-likeness (QED) is 0.173. The maximum Gasteiger partial charge on any atom is 0.164 e. The van der Waals surface area contributed by atoms with Gasteiger partial charge in [-0.3, -0.25) is 0 Å². The molecule has 7 aliphatic carbocycles. The summed E-state index contributed by atoms with van der Waals surface area (Å²) in [7, 11) is 0. The number of hydrogen-bond donors (Lipinski definition) is 0. The topological polar surface area (TPSA) is 47.9 Å². The van der Waals surface area contributed by atoms with Gasteiger partial charge in [-0.05, 0) is 160 Å². The van der Waals surface area contributed by atoms with Crippen molar-refractivity contribution < 1.29 is 4.74 Å². The molecule has 0 atom stereocenters. The second-order valence-corrected chi connectivity index (χ2v) is 22.0. The van der Waals surface area contributed by atoms with E-state index in [4.69, 9.17) is 19.7 Å². The first-order valence-electron chi connectivity index (χ1n) is 25.5. The van der Waals surface area contributed by atoms with Crippen LogP contribution in [0.5, 0.6) is 11.5 Å². The molecule has 4 bridgehead atoms. The summed E-state index contributed by atoms with van der Waals surface area (Å²) in [6.45, 7) is 4.68. The molecule has 0 amide bonds. The van der Waals surface area contributed by atoms with Gasteiger partial charge < -0.3 is 4.74 Å². The van der Waals surface area contributed by atoms with E-state index in [-0.39, 0.29) is 5.41 Å². The van der Waals surface area contributed by atoms with Gasteiger partial charge in [-0.15, -0.1) is 0 Å². The molecule has 0 N–H and O–H groups in total. The van der Waals surface area contributed by atoms with Crippen molar-refractivity contribution >= 4 is 5.57 Å². The number of aromatic nitrogens is 3. The van der Waals surface area contributed by atoms with Crippen molar-refractivity contribution in [1.82, 2.24) is 15.0 Å². The van der Waals surface area contributed by atoms with Crippen LogP contribution >= 0.6 is 0 Å². The highest BCUT2D eigenvalue weighted by atomic mass is 16.5. The van der Waals surface area contributed by atoms with Gasteiger partial charge in [0.25, 0.3) is 0 Å². The van der Waals surface area contributed by atoms with Gasteiger partial charge >= 0.3 is 0 Å². The zero-order valence-electron chi connectivity index (χ0n) is 39.3. The van der Waals surface area contributed by atoms with Crippen molar-refractivity contribution in [3.63, 3.8) is 0 Å². The van der Waals surface area contributed by atoms with E-state index in [1.165, 1.54) is 105 Å². The van der Waals surface area contributed by atoms with Gasteiger partial charge in [0.15, 0.2) is 17.5 Å². The Kier molecular flexibility index (Phi) is 8.32. The highest BCUT2D eigenvalue weighted by Crippen LogP contribution is 2.65. The van der Waals surface area contributed by atoms with Crippen LogP contribution in [0.4, 0.5) is 0 Å². The Balaban J connectivity index is 0.832. The summed E-state index contributed by atoms with van der Waals surface area (Å²) in [5.41, 5.74) is 19.8. The van der Waals surface area contributed by atoms with Gasteiger partial charge in [0.2, 0.25) is 0 Å². The fourth-order valence-corrected chi connectivity index (χ4v) is 15.2. The van der Waals surface area contributed by atoms with Crippen LogP contribution in [0.15, 0.2) is 175 Å². The van der Waals surface area contributed by atoms with Crippen LogP contribution in [0, 0.1) is 23.2 Å². The number of rotatable bonds is 5. The molecule has 0 unspecified atom stereocenters. The first kappa shape index (κ1) is 39.8. The third-order valence-corrected chi connectivity index (χ3v) is 18.0. The smallest absolute Gasteiger partial charge is 0.164 e. The second-order valence-electron chi connectivity index (χ2n) is 22.0. The van der Waals surface area contributed by atoms with Crippen molar-refractivity contribution in [3.05, 3.63) is 215 Å². The van der Waals surface area contributed by atoms with E-state index in [1.807, 2.05) is 0 Å². The molecule has 69 heavy (non-hydrogen) atoms. The van der Waals surface area contributed by atoms with E-state index in [0.717, 1.165) is 70.4 Å². The van der Waals surface area contributed by atoms with E-state index in [0.29, 0.717) is 11.2 Å². The fraction of sp³-hybridized carbons (Fsp3) is 0.246. The van der Waals surface area contributed by atoms with E-state index >= 15 is 0 Å². The largest absolute Gasteiger partial charge is 0.457 e. The summed E-state index contributed by atoms with van der Waals surface area (Å²) < 4.78 is 6.62. The molecule has 16 rings (SSSR count). The van der Waals surface area contributed by atoms with Crippen LogP contribution < -0.4 is 4.74 Å². The zero-order chi connectivity index (χ0) is 45.6. The molecule has 1 spiro atoms. The third-order valence-electron chi connectivity index (χ3n) is 18.0. The number of ether oxygens (including phenoxy) is 1. The number of para-hydroxylation sites is 2. The van der Waals surface area contributed by atoms with Crippen LogP contribution in [0.2, 0.25) is 0 Å². The number of fused-ring (bicyclic) bond motifs is 12. The average Bonchev–Trinajstić information content (AvgIpc) is 3.80. The fourth-order valence-electron chi connectivity index (χ4n) is 15.2. The predicted molar refractivity (Wildman–Crippen MR) is 277 cm³/mol. The van der Waals surface area contributed by atoms with Crippen LogP contribution in [0.3, 0.4) is 0 Å². The normalized spacial score (nSPS) is 23.2. The Morgan fingerprint density at radius 2 is 0.913 bits per heavy atom. The summed E-state index contributed by atoms with van der Waals surface area (Å²) in [5.74, 6) is 6.85. The van der Waals surface area contributed by atoms with Gasteiger partial charge in [0.1, 0.15) is 11.5 Å². The first-order valence-corrected chi connectivity index (χ1v) is 25.5. The van der Waals surface area contributed by atoms with Gasteiger partial charge in [0, 0.05) is 27.7 Å². The Hall–Kier alpha value is -7.17. The van der Waals surface area contributed by atoms with Crippen LogP contribution in [-0.4, -0.2) is 15.0 Å². The predicted octanol–water partition coefficient (Wildman–Crippen LogP) is 16.0. The molecule has 4 nitrogen and oxygen atoms in total. The number of nitrogens with zero attached hydrogens (tertiary/aromatic N) is 3. The van der Waals surface area contributed by atoms with Crippen LogP contribution in [0.25, 0.3) is 61.7 Å². The maximum atomic E-state index is 6.62. The number of allylic oxidation sites excluding steroid dienone is 4. The van der Waals surface area contributed by atoms with Gasteiger partial charge in [-0.2, -0.15) is 0 Å². The summed E-state index contributed by atoms with van der Waals surface area (Å²) >= 11 is 0. The van der Waals surface area contributed by atoms with Crippen molar-refractivity contribution in [2.75, 3.05) is 0 Å². The minimum absolute atomic E-state index is 0.127. The van der Waals surface area contributed by atoms with E-state index in [1.54, 1.807) is 5.57 Å². The monoisotopic (exact) mass is 891 g/mol. The molecule has 4 heteroatoms. The SMILES string of the molecule is CC1(C)c2ccccc2-c2ccc(-c3nc(C4=CC=C(C56CC7CC(CC(C7)C5)C6)CC4)nc(-c4ccc(-c5ccc6c(c5)C5(c7ccccc7Oc7ccccc75)c5ccccc5-6)cc4)n3)cc21. The van der Waals surface area contributed by atoms with Crippen LogP contribution in [-0.2, 0) is 10.8 Å². The minimum Gasteiger partial charge on any atom is -0.457 e. The molecule has 0 radical (unpaired) electrons. The highest BCUT2D eigenvalue weighted by molar-refractivity contribution is 5.90. The van der Waals surface area contributed by atoms with Gasteiger partial charge in [-0.25, -0.2) is 15.0 Å². The number of benzene rings is 7. The van der Waals surface area contributed by atoms with Crippen molar-refractivity contribution in [3.8, 4) is 67.7 Å². The third kappa shape index (κ3) is 5.72. The molecule has 1 aromatic heterocycles. The highest BCUT2D eigenvalue weighted by Gasteiger charge is 2.53. The molecule has 334 valence electrons. The molecular formula is C65H53N3O. The molecule has 4 saturated carbocycles. The summed E-state index contributed by atoms with van der Waals surface area (Å²) in [6.07, 6.45) is 15.6. The number of hydrogen-bond acceptors (Lipinski definition) is 4. The molecule has 2 heterocycles. The van der Waals surface area contributed by atoms with Crippen molar-refractivity contribution in [2.45, 2.75) is 76.0 Å². The van der Waals surface area contributed by atoms with E-state index in [2.05, 4.69) is 184 Å². The summed E-state index contributed by atoms with van der Waals surface area (Å²) in [6, 6.07) is 57.7. The summed E-state index contributed by atoms with van der Waals surface area (Å²) in [4.78, 5) is 16.0.